The lowest BCUT2D eigenvalue weighted by atomic mass is 10.3. The Kier molecular flexibility index (Phi) is 6.79. The second-order valence-corrected chi connectivity index (χ2v) is 7.01. The largest absolute Gasteiger partial charge is 0.453 e. The van der Waals surface area contributed by atoms with Crippen molar-refractivity contribution in [1.82, 2.24) is 9.78 Å². The van der Waals surface area contributed by atoms with Crippen LogP contribution in [-0.4, -0.2) is 33.5 Å². The monoisotopic (exact) mass is 379 g/mol. The van der Waals surface area contributed by atoms with Gasteiger partial charge in [0.1, 0.15) is 5.82 Å². The molecule has 0 spiro atoms. The predicted molar refractivity (Wildman–Crippen MR) is 98.6 cm³/mol. The number of benzene rings is 1. The van der Waals surface area contributed by atoms with E-state index < -0.39 is 18.0 Å². The topological polar surface area (TPSA) is 73.2 Å². The number of nitrogens with one attached hydrogen (secondary N) is 1. The first-order valence-corrected chi connectivity index (χ1v) is 9.15. The predicted octanol–water partition coefficient (Wildman–Crippen LogP) is 3.23. The van der Waals surface area contributed by atoms with Gasteiger partial charge in [-0.1, -0.05) is 0 Å². The van der Waals surface area contributed by atoms with Crippen LogP contribution in [0.4, 0.5) is 10.1 Å². The molecule has 2 rings (SSSR count). The third kappa shape index (κ3) is 5.32. The van der Waals surface area contributed by atoms with Gasteiger partial charge in [0.15, 0.2) is 6.10 Å². The summed E-state index contributed by atoms with van der Waals surface area (Å²) in [5, 5.41) is 6.98. The number of aryl methyl sites for hydroxylation is 2. The molecule has 0 fully saturated rings. The Morgan fingerprint density at radius 2 is 1.96 bits per heavy atom. The van der Waals surface area contributed by atoms with Gasteiger partial charge >= 0.3 is 5.97 Å². The van der Waals surface area contributed by atoms with E-state index in [0.717, 1.165) is 10.6 Å². The van der Waals surface area contributed by atoms with Crippen LogP contribution in [0.2, 0.25) is 0 Å². The maximum atomic E-state index is 12.8. The number of esters is 1. The fourth-order valence-electron chi connectivity index (χ4n) is 2.27. The van der Waals surface area contributed by atoms with Gasteiger partial charge in [-0.05, 0) is 45.0 Å². The first-order valence-electron chi connectivity index (χ1n) is 8.17. The fraction of sp³-hybridized carbons (Fsp3) is 0.389. The molecule has 1 atom stereocenters. The molecule has 1 amide bonds. The van der Waals surface area contributed by atoms with E-state index in [1.54, 1.807) is 30.8 Å². The number of halogens is 1. The van der Waals surface area contributed by atoms with Gasteiger partial charge in [-0.3, -0.25) is 14.3 Å². The molecule has 8 heteroatoms. The van der Waals surface area contributed by atoms with Gasteiger partial charge in [-0.15, -0.1) is 11.8 Å². The number of carbonyl (C=O) groups is 2. The van der Waals surface area contributed by atoms with Crippen LogP contribution in [0.25, 0.3) is 0 Å². The number of amides is 1. The summed E-state index contributed by atoms with van der Waals surface area (Å²) in [4.78, 5) is 25.0. The zero-order valence-electron chi connectivity index (χ0n) is 15.2. The second-order valence-electron chi connectivity index (χ2n) is 5.84. The minimum Gasteiger partial charge on any atom is -0.453 e. The Hall–Kier alpha value is -2.35. The zero-order chi connectivity index (χ0) is 19.3. The Bertz CT molecular complexity index is 790. The number of hydrogen-bond donors (Lipinski definition) is 1. The van der Waals surface area contributed by atoms with Crippen molar-refractivity contribution >= 4 is 29.3 Å². The lowest BCUT2D eigenvalue weighted by Gasteiger charge is -2.13. The Labute approximate surface area is 156 Å². The van der Waals surface area contributed by atoms with Crippen molar-refractivity contribution in [2.24, 2.45) is 7.05 Å². The molecule has 1 aromatic carbocycles. The first-order chi connectivity index (χ1) is 12.3. The van der Waals surface area contributed by atoms with E-state index in [2.05, 4.69) is 10.4 Å². The van der Waals surface area contributed by atoms with Gasteiger partial charge in [-0.25, -0.2) is 4.39 Å². The average molecular weight is 379 g/mol. The quantitative estimate of drug-likeness (QED) is 0.591. The summed E-state index contributed by atoms with van der Waals surface area (Å²) in [6, 6.07) is 6.05. The summed E-state index contributed by atoms with van der Waals surface area (Å²) in [7, 11) is 1.79. The van der Waals surface area contributed by atoms with Crippen LogP contribution in [-0.2, 0) is 21.4 Å². The average Bonchev–Trinajstić information content (AvgIpc) is 2.82. The van der Waals surface area contributed by atoms with Crippen LogP contribution >= 0.6 is 11.8 Å². The maximum absolute atomic E-state index is 12.8. The summed E-state index contributed by atoms with van der Waals surface area (Å²) in [5.41, 5.74) is 2.16. The lowest BCUT2D eigenvalue weighted by Crippen LogP contribution is -2.30. The number of hydrogen-bond acceptors (Lipinski definition) is 5. The zero-order valence-corrected chi connectivity index (χ0v) is 16.0. The van der Waals surface area contributed by atoms with Crippen LogP contribution in [0.3, 0.4) is 0 Å². The van der Waals surface area contributed by atoms with E-state index in [-0.39, 0.29) is 12.2 Å². The minimum atomic E-state index is -0.905. The molecule has 0 saturated carbocycles. The van der Waals surface area contributed by atoms with Gasteiger partial charge in [0, 0.05) is 17.7 Å². The van der Waals surface area contributed by atoms with Crippen LogP contribution in [0, 0.1) is 19.7 Å². The maximum Gasteiger partial charge on any atom is 0.307 e. The highest BCUT2D eigenvalue weighted by molar-refractivity contribution is 7.99. The highest BCUT2D eigenvalue weighted by Crippen LogP contribution is 2.20. The molecule has 26 heavy (non-hydrogen) atoms. The van der Waals surface area contributed by atoms with Gasteiger partial charge in [0.2, 0.25) is 0 Å². The number of rotatable bonds is 7. The highest BCUT2D eigenvalue weighted by atomic mass is 32.2. The molecule has 0 aliphatic heterocycles. The molecule has 0 saturated heterocycles. The minimum absolute atomic E-state index is 0.157. The van der Waals surface area contributed by atoms with Crippen molar-refractivity contribution in [1.29, 1.82) is 0 Å². The molecule has 1 N–H and O–H groups in total. The summed E-state index contributed by atoms with van der Waals surface area (Å²) in [6.45, 7) is 5.17. The van der Waals surface area contributed by atoms with Crippen LogP contribution in [0.1, 0.15) is 24.7 Å². The number of carbonyl (C=O) groups excluding carboxylic acids is 2. The molecule has 0 bridgehead atoms. The summed E-state index contributed by atoms with van der Waals surface area (Å²) in [6.07, 6.45) is -0.748. The molecule has 6 nitrogen and oxygen atoms in total. The SMILES string of the molecule is Cc1nn(C)c(C)c1NC(=O)C(C)OC(=O)CCSc1ccc(F)cc1. The van der Waals surface area contributed by atoms with E-state index in [1.807, 2.05) is 6.92 Å². The van der Waals surface area contributed by atoms with Gasteiger partial charge in [0.05, 0.1) is 23.5 Å². The second kappa shape index (κ2) is 8.84. The number of ether oxygens (including phenoxy) is 1. The molecule has 2 aromatic rings. The Balaban J connectivity index is 1.78. The van der Waals surface area contributed by atoms with Crippen molar-refractivity contribution in [3.63, 3.8) is 0 Å². The van der Waals surface area contributed by atoms with E-state index in [4.69, 9.17) is 4.74 Å². The number of aromatic nitrogens is 2. The van der Waals surface area contributed by atoms with E-state index in [9.17, 15) is 14.0 Å². The first kappa shape index (κ1) is 20.0. The van der Waals surface area contributed by atoms with Crippen molar-refractivity contribution in [3.05, 3.63) is 41.5 Å². The van der Waals surface area contributed by atoms with Crippen molar-refractivity contribution < 1.29 is 18.7 Å². The Morgan fingerprint density at radius 3 is 2.54 bits per heavy atom. The standard InChI is InChI=1S/C18H22FN3O3S/c1-11-17(12(2)22(4)21-11)20-18(24)13(3)25-16(23)9-10-26-15-7-5-14(19)6-8-15/h5-8,13H,9-10H2,1-4H3,(H,20,24). The molecule has 0 aliphatic rings. The summed E-state index contributed by atoms with van der Waals surface area (Å²) >= 11 is 1.42. The normalized spacial score (nSPS) is 11.9. The summed E-state index contributed by atoms with van der Waals surface area (Å²) in [5.74, 6) is -0.669. The smallest absolute Gasteiger partial charge is 0.307 e. The van der Waals surface area contributed by atoms with E-state index in [0.29, 0.717) is 17.1 Å². The van der Waals surface area contributed by atoms with Crippen molar-refractivity contribution in [3.8, 4) is 0 Å². The molecule has 1 aromatic heterocycles. The fourth-order valence-corrected chi connectivity index (χ4v) is 3.10. The van der Waals surface area contributed by atoms with E-state index >= 15 is 0 Å². The number of nitrogens with zero attached hydrogens (tertiary/aromatic N) is 2. The molecule has 140 valence electrons. The number of anilines is 1. The van der Waals surface area contributed by atoms with E-state index in [1.165, 1.54) is 30.8 Å². The molecular weight excluding hydrogens is 357 g/mol. The molecule has 1 heterocycles. The molecule has 1 unspecified atom stereocenters. The van der Waals surface area contributed by atoms with Crippen LogP contribution in [0.15, 0.2) is 29.2 Å². The molecule has 0 aliphatic carbocycles. The molecule has 0 radical (unpaired) electrons. The third-order valence-electron chi connectivity index (χ3n) is 3.82. The van der Waals surface area contributed by atoms with Gasteiger partial charge < -0.3 is 10.1 Å². The van der Waals surface area contributed by atoms with Crippen molar-refractivity contribution in [2.45, 2.75) is 38.2 Å². The van der Waals surface area contributed by atoms with Gasteiger partial charge in [0.25, 0.3) is 5.91 Å². The van der Waals surface area contributed by atoms with Crippen molar-refractivity contribution in [2.75, 3.05) is 11.1 Å². The van der Waals surface area contributed by atoms with Crippen LogP contribution in [0.5, 0.6) is 0 Å². The lowest BCUT2D eigenvalue weighted by molar-refractivity contribution is -0.152. The Morgan fingerprint density at radius 1 is 1.31 bits per heavy atom. The number of thioether (sulfide) groups is 1. The van der Waals surface area contributed by atoms with Crippen LogP contribution < -0.4 is 5.32 Å². The van der Waals surface area contributed by atoms with Gasteiger partial charge in [-0.2, -0.15) is 5.10 Å². The summed E-state index contributed by atoms with van der Waals surface area (Å²) < 4.78 is 19.7. The third-order valence-corrected chi connectivity index (χ3v) is 4.84. The highest BCUT2D eigenvalue weighted by Gasteiger charge is 2.20. The molecular formula is C18H22FN3O3S.